The van der Waals surface area contributed by atoms with E-state index in [1.54, 1.807) is 0 Å². The third-order valence-corrected chi connectivity index (χ3v) is 3.78. The van der Waals surface area contributed by atoms with E-state index in [0.29, 0.717) is 18.6 Å². The zero-order chi connectivity index (χ0) is 11.5. The second-order valence-electron chi connectivity index (χ2n) is 4.73. The van der Waals surface area contributed by atoms with Gasteiger partial charge in [-0.25, -0.2) is 0 Å². The Morgan fingerprint density at radius 1 is 1.53 bits per heavy atom. The number of ketones is 1. The molecule has 2 atom stereocenters. The number of hydrogen-bond donors (Lipinski definition) is 0. The Hall–Kier alpha value is -0.860. The molecule has 0 spiro atoms. The summed E-state index contributed by atoms with van der Waals surface area (Å²) in [6, 6.07) is 0. The summed E-state index contributed by atoms with van der Waals surface area (Å²) in [7, 11) is 1.39. The molecule has 0 heterocycles. The highest BCUT2D eigenvalue weighted by Crippen LogP contribution is 2.40. The van der Waals surface area contributed by atoms with E-state index < -0.39 is 0 Å². The Morgan fingerprint density at radius 3 is 2.73 bits per heavy atom. The van der Waals surface area contributed by atoms with Crippen molar-refractivity contribution in [3.05, 3.63) is 0 Å². The lowest BCUT2D eigenvalue weighted by molar-refractivity contribution is -0.144. The van der Waals surface area contributed by atoms with Gasteiger partial charge in [0.25, 0.3) is 0 Å². The van der Waals surface area contributed by atoms with Gasteiger partial charge in [-0.05, 0) is 18.8 Å². The minimum Gasteiger partial charge on any atom is -0.469 e. The molecule has 1 aliphatic carbocycles. The smallest absolute Gasteiger partial charge is 0.305 e. The molecule has 0 unspecified atom stereocenters. The summed E-state index contributed by atoms with van der Waals surface area (Å²) in [5.74, 6) is 0.171. The molecule has 15 heavy (non-hydrogen) atoms. The summed E-state index contributed by atoms with van der Waals surface area (Å²) in [6.45, 7) is 3.96. The van der Waals surface area contributed by atoms with E-state index in [4.69, 9.17) is 0 Å². The van der Waals surface area contributed by atoms with E-state index in [-0.39, 0.29) is 17.3 Å². The molecule has 0 aliphatic heterocycles. The van der Waals surface area contributed by atoms with E-state index in [2.05, 4.69) is 4.74 Å². The molecule has 0 aromatic carbocycles. The van der Waals surface area contributed by atoms with E-state index in [1.807, 2.05) is 13.8 Å². The molecule has 1 fully saturated rings. The second-order valence-corrected chi connectivity index (χ2v) is 4.73. The van der Waals surface area contributed by atoms with Crippen LogP contribution < -0.4 is 0 Å². The second kappa shape index (κ2) is 4.77. The van der Waals surface area contributed by atoms with Crippen molar-refractivity contribution >= 4 is 11.8 Å². The van der Waals surface area contributed by atoms with Gasteiger partial charge in [-0.1, -0.05) is 20.3 Å². The maximum absolute atomic E-state index is 11.9. The molecule has 1 saturated carbocycles. The zero-order valence-corrected chi connectivity index (χ0v) is 9.84. The third kappa shape index (κ3) is 2.58. The van der Waals surface area contributed by atoms with Crippen molar-refractivity contribution in [2.75, 3.05) is 7.11 Å². The van der Waals surface area contributed by atoms with Gasteiger partial charge >= 0.3 is 5.97 Å². The Labute approximate surface area is 91.2 Å². The number of Topliss-reactive ketones (excluding diaryl/α,β-unsaturated/α-hetero) is 1. The first-order valence-corrected chi connectivity index (χ1v) is 5.61. The Balaban J connectivity index is 2.66. The molecule has 0 bridgehead atoms. The Morgan fingerprint density at radius 2 is 2.20 bits per heavy atom. The van der Waals surface area contributed by atoms with E-state index in [1.165, 1.54) is 7.11 Å². The van der Waals surface area contributed by atoms with Crippen LogP contribution in [0.15, 0.2) is 0 Å². The number of ether oxygens (including phenoxy) is 1. The monoisotopic (exact) mass is 212 g/mol. The lowest BCUT2D eigenvalue weighted by Gasteiger charge is -2.37. The average molecular weight is 212 g/mol. The topological polar surface area (TPSA) is 43.4 Å². The van der Waals surface area contributed by atoms with Crippen molar-refractivity contribution in [1.82, 2.24) is 0 Å². The van der Waals surface area contributed by atoms with Crippen molar-refractivity contribution in [2.45, 2.75) is 46.0 Å². The number of methoxy groups -OCH3 is 1. The van der Waals surface area contributed by atoms with E-state index in [0.717, 1.165) is 19.3 Å². The fourth-order valence-electron chi connectivity index (χ4n) is 2.28. The van der Waals surface area contributed by atoms with Crippen LogP contribution in [0.1, 0.15) is 46.0 Å². The molecule has 1 rings (SSSR count). The van der Waals surface area contributed by atoms with Gasteiger partial charge in [-0.15, -0.1) is 0 Å². The summed E-state index contributed by atoms with van der Waals surface area (Å²) >= 11 is 0. The highest BCUT2D eigenvalue weighted by molar-refractivity contribution is 5.86. The van der Waals surface area contributed by atoms with Gasteiger partial charge in [0, 0.05) is 18.3 Å². The fraction of sp³-hybridized carbons (Fsp3) is 0.833. The first-order valence-electron chi connectivity index (χ1n) is 5.61. The maximum Gasteiger partial charge on any atom is 0.305 e. The van der Waals surface area contributed by atoms with Crippen LogP contribution in [0.25, 0.3) is 0 Å². The highest BCUT2D eigenvalue weighted by Gasteiger charge is 2.40. The van der Waals surface area contributed by atoms with Gasteiger partial charge in [0.2, 0.25) is 0 Å². The van der Waals surface area contributed by atoms with Gasteiger partial charge in [0.15, 0.2) is 0 Å². The number of esters is 1. The lowest BCUT2D eigenvalue weighted by Crippen LogP contribution is -2.38. The molecular formula is C12H20O3. The molecule has 3 nitrogen and oxygen atoms in total. The maximum atomic E-state index is 11.9. The Kier molecular flexibility index (Phi) is 3.89. The zero-order valence-electron chi connectivity index (χ0n) is 9.84. The summed E-state index contributed by atoms with van der Waals surface area (Å²) < 4.78 is 4.64. The summed E-state index contributed by atoms with van der Waals surface area (Å²) in [4.78, 5) is 23.1. The molecule has 0 radical (unpaired) electrons. The SMILES string of the molecule is COC(=O)C[C@@H](C)[C@]1(C)CCCCC1=O. The van der Waals surface area contributed by atoms with Crippen molar-refractivity contribution < 1.29 is 14.3 Å². The van der Waals surface area contributed by atoms with Crippen LogP contribution in [0.4, 0.5) is 0 Å². The van der Waals surface area contributed by atoms with Gasteiger partial charge < -0.3 is 4.74 Å². The van der Waals surface area contributed by atoms with Crippen molar-refractivity contribution in [1.29, 1.82) is 0 Å². The van der Waals surface area contributed by atoms with Crippen LogP contribution in [0.5, 0.6) is 0 Å². The first-order chi connectivity index (χ1) is 7.00. The molecule has 3 heteroatoms. The predicted molar refractivity (Wildman–Crippen MR) is 57.4 cm³/mol. The van der Waals surface area contributed by atoms with Crippen molar-refractivity contribution in [2.24, 2.45) is 11.3 Å². The normalized spacial score (nSPS) is 28.6. The number of carbonyl (C=O) groups is 2. The van der Waals surface area contributed by atoms with Crippen LogP contribution >= 0.6 is 0 Å². The summed E-state index contributed by atoms with van der Waals surface area (Å²) in [5.41, 5.74) is -0.313. The van der Waals surface area contributed by atoms with Crippen LogP contribution in [0, 0.1) is 11.3 Å². The van der Waals surface area contributed by atoms with Gasteiger partial charge in [0.05, 0.1) is 7.11 Å². The van der Waals surface area contributed by atoms with E-state index >= 15 is 0 Å². The molecule has 1 aliphatic rings. The summed E-state index contributed by atoms with van der Waals surface area (Å²) in [6.07, 6.45) is 4.01. The molecular weight excluding hydrogens is 192 g/mol. The van der Waals surface area contributed by atoms with E-state index in [9.17, 15) is 9.59 Å². The minimum absolute atomic E-state index is 0.0812. The lowest BCUT2D eigenvalue weighted by atomic mass is 9.66. The number of carbonyl (C=O) groups excluding carboxylic acids is 2. The largest absolute Gasteiger partial charge is 0.469 e. The molecule has 0 amide bonds. The van der Waals surface area contributed by atoms with Crippen LogP contribution in [0.2, 0.25) is 0 Å². The molecule has 86 valence electrons. The van der Waals surface area contributed by atoms with Crippen LogP contribution in [0.3, 0.4) is 0 Å². The first kappa shape index (κ1) is 12.2. The van der Waals surface area contributed by atoms with Crippen LogP contribution in [-0.2, 0) is 14.3 Å². The standard InChI is InChI=1S/C12H20O3/c1-9(8-11(14)15-3)12(2)7-5-4-6-10(12)13/h9H,4-8H2,1-3H3/t9-,12+/m1/s1. The van der Waals surface area contributed by atoms with Crippen molar-refractivity contribution in [3.63, 3.8) is 0 Å². The van der Waals surface area contributed by atoms with Gasteiger partial charge in [-0.2, -0.15) is 0 Å². The van der Waals surface area contributed by atoms with Gasteiger partial charge in [-0.3, -0.25) is 9.59 Å². The minimum atomic E-state index is -0.313. The predicted octanol–water partition coefficient (Wildman–Crippen LogP) is 2.33. The van der Waals surface area contributed by atoms with Crippen LogP contribution in [-0.4, -0.2) is 18.9 Å². The number of hydrogen-bond acceptors (Lipinski definition) is 3. The molecule has 0 N–H and O–H groups in total. The Bertz CT molecular complexity index is 260. The average Bonchev–Trinajstić information content (AvgIpc) is 2.22. The van der Waals surface area contributed by atoms with Crippen molar-refractivity contribution in [3.8, 4) is 0 Å². The summed E-state index contributed by atoms with van der Waals surface area (Å²) in [5, 5.41) is 0. The van der Waals surface area contributed by atoms with Gasteiger partial charge in [0.1, 0.15) is 5.78 Å². The highest BCUT2D eigenvalue weighted by atomic mass is 16.5. The molecule has 0 aromatic rings. The quantitative estimate of drug-likeness (QED) is 0.674. The fourth-order valence-corrected chi connectivity index (χ4v) is 2.28. The third-order valence-electron chi connectivity index (χ3n) is 3.78. The molecule has 0 saturated heterocycles. The number of rotatable bonds is 3. The molecule has 0 aromatic heterocycles.